The summed E-state index contributed by atoms with van der Waals surface area (Å²) in [4.78, 5) is 10.7. The monoisotopic (exact) mass is 208 g/mol. The van der Waals surface area contributed by atoms with Gasteiger partial charge in [0.1, 0.15) is 12.4 Å². The molecule has 0 bridgehead atoms. The van der Waals surface area contributed by atoms with Gasteiger partial charge in [0.2, 0.25) is 0 Å². The topological polar surface area (TPSA) is 113 Å². The Bertz CT molecular complexity index is 156. The molecule has 1 atom stereocenters. The van der Waals surface area contributed by atoms with Crippen LogP contribution in [-0.4, -0.2) is 30.0 Å². The molecule has 7 N–H and O–H groups in total. The smallest absolute Gasteiger partial charge is 0.258 e. The Hall–Kier alpha value is -0.340. The van der Waals surface area contributed by atoms with Crippen LogP contribution in [0, 0.1) is 0 Å². The highest BCUT2D eigenvalue weighted by molar-refractivity contribution is 7.78. The Morgan fingerprint density at radius 3 is 2.62 bits per heavy atom. The van der Waals surface area contributed by atoms with E-state index in [0.29, 0.717) is 19.4 Å². The van der Waals surface area contributed by atoms with Crippen molar-refractivity contribution in [1.29, 1.82) is 0 Å². The number of hydrogen-bond acceptors (Lipinski definition) is 6. The van der Waals surface area contributed by atoms with Gasteiger partial charge in [-0.05, 0) is 19.4 Å². The summed E-state index contributed by atoms with van der Waals surface area (Å²) in [6, 6.07) is 0. The number of carbonyl (C=O) groups excluding carboxylic acids is 1. The third-order valence-corrected chi connectivity index (χ3v) is 1.67. The van der Waals surface area contributed by atoms with Crippen LogP contribution >= 0.6 is 12.8 Å². The van der Waals surface area contributed by atoms with Crippen molar-refractivity contribution in [1.82, 2.24) is 10.0 Å². The summed E-state index contributed by atoms with van der Waals surface area (Å²) in [5, 5.41) is 11.9. The van der Waals surface area contributed by atoms with Gasteiger partial charge in [-0.15, -0.1) is 0 Å². The molecular weight excluding hydrogens is 192 g/mol. The maximum atomic E-state index is 10.7. The van der Waals surface area contributed by atoms with E-state index in [1.54, 1.807) is 0 Å². The van der Waals surface area contributed by atoms with E-state index < -0.39 is 18.3 Å². The van der Waals surface area contributed by atoms with E-state index in [-0.39, 0.29) is 0 Å². The summed E-state index contributed by atoms with van der Waals surface area (Å²) >= 11 is 3.52. The molecule has 0 aliphatic heterocycles. The van der Waals surface area contributed by atoms with E-state index in [9.17, 15) is 4.79 Å². The van der Waals surface area contributed by atoms with Crippen LogP contribution in [0.15, 0.2) is 0 Å². The number of nitrogens with two attached hydrogens (primary N) is 2. The van der Waals surface area contributed by atoms with Crippen molar-refractivity contribution in [2.45, 2.75) is 25.2 Å². The highest BCUT2D eigenvalue weighted by Gasteiger charge is 2.12. The molecular formula is C6H16N4O2S. The molecule has 0 aromatic carbocycles. The van der Waals surface area contributed by atoms with Crippen molar-refractivity contribution in [3.05, 3.63) is 0 Å². The molecule has 7 heteroatoms. The Kier molecular flexibility index (Phi) is 6.92. The van der Waals surface area contributed by atoms with Gasteiger partial charge in [-0.1, -0.05) is 12.8 Å². The second-order valence-corrected chi connectivity index (χ2v) is 2.84. The average Bonchev–Trinajstić information content (AvgIpc) is 2.10. The van der Waals surface area contributed by atoms with Crippen LogP contribution < -0.4 is 21.5 Å². The molecule has 0 rings (SSSR count). The van der Waals surface area contributed by atoms with Gasteiger partial charge in [-0.25, -0.2) is 0 Å². The van der Waals surface area contributed by atoms with E-state index in [4.69, 9.17) is 16.6 Å². The molecule has 13 heavy (non-hydrogen) atoms. The maximum Gasteiger partial charge on any atom is 0.258 e. The molecule has 0 aliphatic rings. The predicted molar refractivity (Wildman–Crippen MR) is 52.5 cm³/mol. The Balaban J connectivity index is 3.37. The second kappa shape index (κ2) is 7.10. The van der Waals surface area contributed by atoms with Crippen LogP contribution in [0.4, 0.5) is 0 Å². The van der Waals surface area contributed by atoms with Gasteiger partial charge >= 0.3 is 0 Å². The van der Waals surface area contributed by atoms with Crippen LogP contribution in [0.3, 0.4) is 0 Å². The summed E-state index contributed by atoms with van der Waals surface area (Å²) in [7, 11) is 0. The number of rotatable bonds is 6. The first kappa shape index (κ1) is 12.7. The van der Waals surface area contributed by atoms with E-state index in [1.165, 1.54) is 0 Å². The number of carbonyl (C=O) groups is 1. The number of hydrogen-bond donors (Lipinski definition) is 6. The number of nitrogens with one attached hydrogen (secondary N) is 2. The van der Waals surface area contributed by atoms with Gasteiger partial charge in [-0.2, -0.15) is 0 Å². The van der Waals surface area contributed by atoms with E-state index in [0.717, 1.165) is 0 Å². The van der Waals surface area contributed by atoms with Crippen LogP contribution in [0.1, 0.15) is 12.8 Å². The second-order valence-electron chi connectivity index (χ2n) is 2.61. The predicted octanol–water partition coefficient (Wildman–Crippen LogP) is -2.12. The molecule has 0 aromatic rings. The van der Waals surface area contributed by atoms with E-state index in [1.807, 2.05) is 0 Å². The van der Waals surface area contributed by atoms with Crippen LogP contribution in [-0.2, 0) is 4.79 Å². The Morgan fingerprint density at radius 2 is 2.15 bits per heavy atom. The van der Waals surface area contributed by atoms with E-state index >= 15 is 0 Å². The number of aliphatic hydroxyl groups is 1. The molecule has 1 amide bonds. The zero-order chi connectivity index (χ0) is 10.3. The summed E-state index contributed by atoms with van der Waals surface area (Å²) in [6.45, 7) is 0.564. The van der Waals surface area contributed by atoms with Gasteiger partial charge in [0.25, 0.3) is 5.91 Å². The summed E-state index contributed by atoms with van der Waals surface area (Å²) in [6.07, 6.45) is -0.608. The zero-order valence-corrected chi connectivity index (χ0v) is 8.13. The molecule has 0 saturated carbocycles. The van der Waals surface area contributed by atoms with Crippen molar-refractivity contribution in [3.63, 3.8) is 0 Å². The van der Waals surface area contributed by atoms with Crippen LogP contribution in [0.25, 0.3) is 0 Å². The third kappa shape index (κ3) is 6.79. The van der Waals surface area contributed by atoms with Gasteiger partial charge in [0.15, 0.2) is 0 Å². The van der Waals surface area contributed by atoms with Crippen molar-refractivity contribution in [3.8, 4) is 0 Å². The Labute approximate surface area is 82.6 Å². The lowest BCUT2D eigenvalue weighted by molar-refractivity contribution is -0.127. The fraction of sp³-hybridized carbons (Fsp3) is 0.833. The number of amides is 1. The maximum absolute atomic E-state index is 10.7. The van der Waals surface area contributed by atoms with Gasteiger partial charge < -0.3 is 21.3 Å². The molecule has 0 fully saturated rings. The highest BCUT2D eigenvalue weighted by Crippen LogP contribution is 1.96. The molecule has 0 saturated heterocycles. The normalized spacial score (nSPS) is 13.0. The largest absolute Gasteiger partial charge is 0.383 e. The van der Waals surface area contributed by atoms with Crippen LogP contribution in [0.2, 0.25) is 0 Å². The molecule has 0 aliphatic carbocycles. The SMILES string of the molecule is NC(N)NCCCC(O)C(=O)NS. The lowest BCUT2D eigenvalue weighted by Gasteiger charge is -2.10. The molecule has 78 valence electrons. The average molecular weight is 208 g/mol. The molecule has 6 nitrogen and oxygen atoms in total. The van der Waals surface area contributed by atoms with Crippen molar-refractivity contribution in [2.24, 2.45) is 11.5 Å². The summed E-state index contributed by atoms with van der Waals surface area (Å²) in [5.41, 5.74) is 10.4. The molecule has 0 radical (unpaired) electrons. The first-order valence-electron chi connectivity index (χ1n) is 3.94. The van der Waals surface area contributed by atoms with Crippen molar-refractivity contribution in [2.75, 3.05) is 6.54 Å². The minimum absolute atomic E-state index is 0.353. The van der Waals surface area contributed by atoms with E-state index in [2.05, 4.69) is 22.9 Å². The van der Waals surface area contributed by atoms with Gasteiger partial charge in [0, 0.05) is 0 Å². The summed E-state index contributed by atoms with van der Waals surface area (Å²) in [5.74, 6) is -0.500. The molecule has 0 heterocycles. The molecule has 0 aromatic heterocycles. The summed E-state index contributed by atoms with van der Waals surface area (Å²) < 4.78 is 2.05. The minimum Gasteiger partial charge on any atom is -0.383 e. The lowest BCUT2D eigenvalue weighted by Crippen LogP contribution is -2.45. The number of thiol groups is 1. The van der Waals surface area contributed by atoms with Gasteiger partial charge in [-0.3, -0.25) is 10.1 Å². The number of aliphatic hydroxyl groups excluding tert-OH is 1. The lowest BCUT2D eigenvalue weighted by atomic mass is 10.2. The fourth-order valence-electron chi connectivity index (χ4n) is 0.770. The van der Waals surface area contributed by atoms with Crippen molar-refractivity contribution >= 4 is 18.7 Å². The van der Waals surface area contributed by atoms with Crippen LogP contribution in [0.5, 0.6) is 0 Å². The zero-order valence-electron chi connectivity index (χ0n) is 7.23. The first-order chi connectivity index (χ1) is 6.07. The van der Waals surface area contributed by atoms with Crippen molar-refractivity contribution < 1.29 is 9.90 Å². The molecule has 0 spiro atoms. The third-order valence-electron chi connectivity index (χ3n) is 1.45. The first-order valence-corrected chi connectivity index (χ1v) is 4.39. The van der Waals surface area contributed by atoms with Gasteiger partial charge in [0.05, 0.1) is 0 Å². The highest BCUT2D eigenvalue weighted by atomic mass is 32.1. The standard InChI is InChI=1S/C6H16N4O2S/c7-6(8)9-3-1-2-4(11)5(12)10-13/h4,6,9,11,13H,1-3,7-8H2,(H,10,12). The molecule has 1 unspecified atom stereocenters. The minimum atomic E-state index is -1.02. The fourth-order valence-corrected chi connectivity index (χ4v) is 0.919. The Morgan fingerprint density at radius 1 is 1.54 bits per heavy atom. The quantitative estimate of drug-likeness (QED) is 0.170.